The highest BCUT2D eigenvalue weighted by Crippen LogP contribution is 2.19. The first kappa shape index (κ1) is 16.5. The van der Waals surface area contributed by atoms with Gasteiger partial charge in [0.15, 0.2) is 0 Å². The number of carbonyl (C=O) groups is 2. The summed E-state index contributed by atoms with van der Waals surface area (Å²) < 4.78 is 5.23. The second-order valence-electron chi connectivity index (χ2n) is 4.90. The van der Waals surface area contributed by atoms with E-state index in [0.29, 0.717) is 11.4 Å². The van der Waals surface area contributed by atoms with Crippen LogP contribution in [0, 0.1) is 0 Å². The number of hydrogen-bond donors (Lipinski definition) is 3. The quantitative estimate of drug-likeness (QED) is 0.585. The van der Waals surface area contributed by atoms with Crippen LogP contribution in [-0.2, 0) is 14.3 Å². The Kier molecular flexibility index (Phi) is 5.71. The maximum Gasteiger partial charge on any atom is 0.327 e. The first-order valence-corrected chi connectivity index (χ1v) is 7.15. The van der Waals surface area contributed by atoms with Crippen molar-refractivity contribution in [2.45, 2.75) is 13.0 Å². The van der Waals surface area contributed by atoms with E-state index in [4.69, 9.17) is 4.74 Å². The molecule has 0 saturated carbocycles. The molecule has 0 radical (unpaired) electrons. The molecule has 2 rings (SSSR count). The number of amides is 2. The normalized spacial score (nSPS) is 11.4. The molecule has 0 heterocycles. The predicted octanol–water partition coefficient (Wildman–Crippen LogP) is 2.48. The maximum absolute atomic E-state index is 11.9. The van der Waals surface area contributed by atoms with Gasteiger partial charge in [-0.3, -0.25) is 20.4 Å². The summed E-state index contributed by atoms with van der Waals surface area (Å²) in [7, 11) is 1.61. The van der Waals surface area contributed by atoms with Gasteiger partial charge in [0.1, 0.15) is 0 Å². The lowest BCUT2D eigenvalue weighted by molar-refractivity contribution is -0.135. The largest absolute Gasteiger partial charge is 0.377 e. The van der Waals surface area contributed by atoms with Crippen LogP contribution in [-0.4, -0.2) is 18.9 Å². The number of methoxy groups -OCH3 is 1. The fraction of sp³-hybridized carbons (Fsp3) is 0.176. The van der Waals surface area contributed by atoms with Gasteiger partial charge in [-0.05, 0) is 36.8 Å². The number of rotatable bonds is 5. The number of hydrogen-bond acceptors (Lipinski definition) is 4. The summed E-state index contributed by atoms with van der Waals surface area (Å²) in [6.45, 7) is 1.90. The van der Waals surface area contributed by atoms with Crippen LogP contribution in [0.4, 0.5) is 11.4 Å². The highest BCUT2D eigenvalue weighted by molar-refractivity contribution is 6.39. The SMILES string of the molecule is COC(C)c1cccc(NC(=O)C(=O)NNc2ccccc2)c1. The van der Waals surface area contributed by atoms with E-state index in [1.54, 1.807) is 37.4 Å². The number of anilines is 2. The van der Waals surface area contributed by atoms with E-state index in [0.717, 1.165) is 5.56 Å². The van der Waals surface area contributed by atoms with Gasteiger partial charge in [-0.15, -0.1) is 0 Å². The lowest BCUT2D eigenvalue weighted by Gasteiger charge is -2.12. The van der Waals surface area contributed by atoms with Crippen molar-refractivity contribution in [2.75, 3.05) is 17.9 Å². The molecule has 23 heavy (non-hydrogen) atoms. The Morgan fingerprint density at radius 2 is 1.65 bits per heavy atom. The molecule has 2 aromatic rings. The molecule has 120 valence electrons. The first-order valence-electron chi connectivity index (χ1n) is 7.15. The highest BCUT2D eigenvalue weighted by Gasteiger charge is 2.14. The lowest BCUT2D eigenvalue weighted by atomic mass is 10.1. The van der Waals surface area contributed by atoms with E-state index < -0.39 is 11.8 Å². The fourth-order valence-corrected chi connectivity index (χ4v) is 1.90. The fourth-order valence-electron chi connectivity index (χ4n) is 1.90. The number of para-hydroxylation sites is 1. The number of hydrazine groups is 1. The zero-order valence-corrected chi connectivity index (χ0v) is 13.0. The van der Waals surface area contributed by atoms with Crippen LogP contribution < -0.4 is 16.2 Å². The van der Waals surface area contributed by atoms with Crippen molar-refractivity contribution in [3.05, 3.63) is 60.2 Å². The minimum atomic E-state index is -0.779. The van der Waals surface area contributed by atoms with Crippen molar-refractivity contribution in [1.82, 2.24) is 5.43 Å². The first-order chi connectivity index (χ1) is 11.1. The average molecular weight is 313 g/mol. The third kappa shape index (κ3) is 4.82. The average Bonchev–Trinajstić information content (AvgIpc) is 2.60. The molecule has 2 amide bonds. The molecule has 0 aliphatic carbocycles. The molecule has 0 saturated heterocycles. The van der Waals surface area contributed by atoms with Crippen LogP contribution in [0.2, 0.25) is 0 Å². The molecule has 6 heteroatoms. The van der Waals surface area contributed by atoms with Crippen molar-refractivity contribution < 1.29 is 14.3 Å². The Hall–Kier alpha value is -2.86. The molecule has 3 N–H and O–H groups in total. The van der Waals surface area contributed by atoms with Gasteiger partial charge in [-0.1, -0.05) is 30.3 Å². The van der Waals surface area contributed by atoms with Crippen LogP contribution >= 0.6 is 0 Å². The Labute approximate surface area is 134 Å². The van der Waals surface area contributed by atoms with Gasteiger partial charge in [-0.2, -0.15) is 0 Å². The molecule has 0 aliphatic rings. The summed E-state index contributed by atoms with van der Waals surface area (Å²) in [5.74, 6) is -1.53. The second-order valence-corrected chi connectivity index (χ2v) is 4.90. The van der Waals surface area contributed by atoms with Gasteiger partial charge in [-0.25, -0.2) is 0 Å². The second kappa shape index (κ2) is 7.95. The van der Waals surface area contributed by atoms with Crippen LogP contribution in [0.1, 0.15) is 18.6 Å². The zero-order chi connectivity index (χ0) is 16.7. The lowest BCUT2D eigenvalue weighted by Crippen LogP contribution is -2.38. The van der Waals surface area contributed by atoms with Crippen LogP contribution in [0.15, 0.2) is 54.6 Å². The predicted molar refractivity (Wildman–Crippen MR) is 88.7 cm³/mol. The third-order valence-electron chi connectivity index (χ3n) is 3.27. The van der Waals surface area contributed by atoms with Crippen LogP contribution in [0.3, 0.4) is 0 Å². The number of benzene rings is 2. The topological polar surface area (TPSA) is 79.5 Å². The number of ether oxygens (including phenoxy) is 1. The molecule has 0 spiro atoms. The Bertz CT molecular complexity index is 674. The summed E-state index contributed by atoms with van der Waals surface area (Å²) >= 11 is 0. The van der Waals surface area contributed by atoms with E-state index in [9.17, 15) is 9.59 Å². The molecular formula is C17H19N3O3. The van der Waals surface area contributed by atoms with Gasteiger partial charge >= 0.3 is 11.8 Å². The Morgan fingerprint density at radius 3 is 2.35 bits per heavy atom. The van der Waals surface area contributed by atoms with Crippen molar-refractivity contribution in [3.63, 3.8) is 0 Å². The Morgan fingerprint density at radius 1 is 0.957 bits per heavy atom. The molecule has 1 unspecified atom stereocenters. The van der Waals surface area contributed by atoms with E-state index in [1.165, 1.54) is 0 Å². The zero-order valence-electron chi connectivity index (χ0n) is 13.0. The highest BCUT2D eigenvalue weighted by atomic mass is 16.5. The van der Waals surface area contributed by atoms with Gasteiger partial charge in [0.2, 0.25) is 0 Å². The van der Waals surface area contributed by atoms with E-state index in [1.807, 2.05) is 31.2 Å². The summed E-state index contributed by atoms with van der Waals surface area (Å²) in [5, 5.41) is 2.55. The van der Waals surface area contributed by atoms with E-state index >= 15 is 0 Å². The number of carbonyl (C=O) groups excluding carboxylic acids is 2. The van der Waals surface area contributed by atoms with Gasteiger partial charge in [0.05, 0.1) is 11.8 Å². The van der Waals surface area contributed by atoms with Crippen molar-refractivity contribution in [1.29, 1.82) is 0 Å². The molecular weight excluding hydrogens is 294 g/mol. The molecule has 2 aromatic carbocycles. The van der Waals surface area contributed by atoms with Gasteiger partial charge < -0.3 is 10.1 Å². The standard InChI is InChI=1S/C17H19N3O3/c1-12(23-2)13-7-6-10-15(11-13)18-16(21)17(22)20-19-14-8-4-3-5-9-14/h3-12,19H,1-2H3,(H,18,21)(H,20,22). The minimum absolute atomic E-state index is 0.0968. The maximum atomic E-state index is 11.9. The minimum Gasteiger partial charge on any atom is -0.377 e. The smallest absolute Gasteiger partial charge is 0.327 e. The summed E-state index contributed by atoms with van der Waals surface area (Å²) in [6.07, 6.45) is -0.0968. The van der Waals surface area contributed by atoms with Crippen LogP contribution in [0.5, 0.6) is 0 Å². The van der Waals surface area contributed by atoms with E-state index in [2.05, 4.69) is 16.2 Å². The molecule has 6 nitrogen and oxygen atoms in total. The molecule has 1 atom stereocenters. The van der Waals surface area contributed by atoms with Crippen LogP contribution in [0.25, 0.3) is 0 Å². The van der Waals surface area contributed by atoms with Crippen molar-refractivity contribution in [3.8, 4) is 0 Å². The monoisotopic (exact) mass is 313 g/mol. The van der Waals surface area contributed by atoms with Gasteiger partial charge in [0, 0.05) is 12.8 Å². The molecule has 0 fully saturated rings. The van der Waals surface area contributed by atoms with Gasteiger partial charge in [0.25, 0.3) is 0 Å². The molecule has 0 aromatic heterocycles. The van der Waals surface area contributed by atoms with E-state index in [-0.39, 0.29) is 6.10 Å². The summed E-state index contributed by atoms with van der Waals surface area (Å²) in [6, 6.07) is 16.2. The molecule has 0 bridgehead atoms. The van der Waals surface area contributed by atoms with Crippen molar-refractivity contribution >= 4 is 23.2 Å². The third-order valence-corrected chi connectivity index (χ3v) is 3.27. The number of nitrogens with one attached hydrogen (secondary N) is 3. The molecule has 0 aliphatic heterocycles. The summed E-state index contributed by atoms with van der Waals surface area (Å²) in [4.78, 5) is 23.7. The van der Waals surface area contributed by atoms with Crippen molar-refractivity contribution in [2.24, 2.45) is 0 Å². The summed E-state index contributed by atoms with van der Waals surface area (Å²) in [5.41, 5.74) is 7.14. The Balaban J connectivity index is 1.92.